The van der Waals surface area contributed by atoms with Crippen molar-refractivity contribution in [1.82, 2.24) is 5.32 Å². The van der Waals surface area contributed by atoms with Crippen molar-refractivity contribution >= 4 is 17.5 Å². The summed E-state index contributed by atoms with van der Waals surface area (Å²) in [6, 6.07) is 0.302. The Kier molecular flexibility index (Phi) is 4.28. The third-order valence-corrected chi connectivity index (χ3v) is 4.43. The van der Waals surface area contributed by atoms with E-state index in [-0.39, 0.29) is 11.3 Å². The highest BCUT2D eigenvalue weighted by Gasteiger charge is 2.36. The van der Waals surface area contributed by atoms with Crippen molar-refractivity contribution in [3.8, 4) is 0 Å². The van der Waals surface area contributed by atoms with Gasteiger partial charge in [-0.3, -0.25) is 4.79 Å². The first-order chi connectivity index (χ1) is 7.29. The Hall–Kier alpha value is -0.240. The van der Waals surface area contributed by atoms with Crippen molar-refractivity contribution in [1.29, 1.82) is 0 Å². The Morgan fingerprint density at radius 2 is 2.06 bits per heavy atom. The standard InChI is InChI=1S/C13H24ClNO/c1-12(2)8-6-5-7-10(12)15-11(16)13(3,4)9-14/h10H,5-9H2,1-4H3,(H,15,16). The second-order valence-electron chi connectivity index (χ2n) is 6.28. The minimum atomic E-state index is -0.463. The van der Waals surface area contributed by atoms with E-state index in [1.165, 1.54) is 19.3 Å². The van der Waals surface area contributed by atoms with E-state index >= 15 is 0 Å². The number of halogens is 1. The van der Waals surface area contributed by atoms with Gasteiger partial charge in [0.05, 0.1) is 5.41 Å². The number of carbonyl (C=O) groups is 1. The molecule has 0 bridgehead atoms. The van der Waals surface area contributed by atoms with Crippen molar-refractivity contribution < 1.29 is 4.79 Å². The molecule has 1 amide bonds. The van der Waals surface area contributed by atoms with Crippen LogP contribution in [0.4, 0.5) is 0 Å². The molecule has 2 nitrogen and oxygen atoms in total. The minimum absolute atomic E-state index is 0.0856. The molecule has 0 aromatic carbocycles. The van der Waals surface area contributed by atoms with Crippen molar-refractivity contribution in [2.24, 2.45) is 10.8 Å². The largest absolute Gasteiger partial charge is 0.352 e. The lowest BCUT2D eigenvalue weighted by Crippen LogP contribution is -2.51. The average molecular weight is 246 g/mol. The van der Waals surface area contributed by atoms with Gasteiger partial charge in [0.2, 0.25) is 5.91 Å². The third-order valence-electron chi connectivity index (χ3n) is 3.76. The fourth-order valence-electron chi connectivity index (χ4n) is 2.18. The molecule has 0 aliphatic heterocycles. The number of carbonyl (C=O) groups excluding carboxylic acids is 1. The zero-order valence-electron chi connectivity index (χ0n) is 10.9. The maximum absolute atomic E-state index is 12.1. The van der Waals surface area contributed by atoms with Crippen LogP contribution in [-0.2, 0) is 4.79 Å². The molecule has 0 aromatic rings. The predicted molar refractivity (Wildman–Crippen MR) is 68.7 cm³/mol. The van der Waals surface area contributed by atoms with E-state index in [9.17, 15) is 4.79 Å². The van der Waals surface area contributed by atoms with E-state index in [0.29, 0.717) is 11.9 Å². The molecule has 1 aliphatic carbocycles. The predicted octanol–water partition coefficient (Wildman–Crippen LogP) is 3.34. The topological polar surface area (TPSA) is 29.1 Å². The van der Waals surface area contributed by atoms with E-state index < -0.39 is 5.41 Å². The van der Waals surface area contributed by atoms with Crippen molar-refractivity contribution in [3.63, 3.8) is 0 Å². The number of rotatable bonds is 3. The summed E-state index contributed by atoms with van der Waals surface area (Å²) >= 11 is 5.82. The number of amides is 1. The van der Waals surface area contributed by atoms with Crippen LogP contribution in [0.1, 0.15) is 53.4 Å². The second kappa shape index (κ2) is 4.95. The van der Waals surface area contributed by atoms with E-state index in [0.717, 1.165) is 6.42 Å². The molecular weight excluding hydrogens is 222 g/mol. The first kappa shape index (κ1) is 13.8. The van der Waals surface area contributed by atoms with Crippen LogP contribution in [0.25, 0.3) is 0 Å². The van der Waals surface area contributed by atoms with Gasteiger partial charge in [0, 0.05) is 11.9 Å². The molecule has 0 radical (unpaired) electrons. The van der Waals surface area contributed by atoms with Crippen LogP contribution in [0.15, 0.2) is 0 Å². The van der Waals surface area contributed by atoms with Gasteiger partial charge in [0.15, 0.2) is 0 Å². The fraction of sp³-hybridized carbons (Fsp3) is 0.923. The summed E-state index contributed by atoms with van der Waals surface area (Å²) in [5.74, 6) is 0.453. The van der Waals surface area contributed by atoms with Gasteiger partial charge < -0.3 is 5.32 Å². The molecule has 0 aromatic heterocycles. The molecule has 16 heavy (non-hydrogen) atoms. The molecule has 0 saturated heterocycles. The number of hydrogen-bond donors (Lipinski definition) is 1. The van der Waals surface area contributed by atoms with Crippen LogP contribution in [0.2, 0.25) is 0 Å². The fourth-order valence-corrected chi connectivity index (χ4v) is 2.30. The van der Waals surface area contributed by atoms with Crippen molar-refractivity contribution in [2.45, 2.75) is 59.4 Å². The van der Waals surface area contributed by atoms with Crippen LogP contribution in [0.5, 0.6) is 0 Å². The normalized spacial score (nSPS) is 25.2. The van der Waals surface area contributed by atoms with Crippen molar-refractivity contribution in [2.75, 3.05) is 5.88 Å². The summed E-state index contributed by atoms with van der Waals surface area (Å²) in [6.07, 6.45) is 4.78. The second-order valence-corrected chi connectivity index (χ2v) is 6.55. The zero-order valence-corrected chi connectivity index (χ0v) is 11.7. The Balaban J connectivity index is 2.62. The highest BCUT2D eigenvalue weighted by molar-refractivity contribution is 6.19. The molecule has 1 aliphatic rings. The van der Waals surface area contributed by atoms with Crippen LogP contribution in [-0.4, -0.2) is 17.8 Å². The van der Waals surface area contributed by atoms with Gasteiger partial charge in [0.1, 0.15) is 0 Å². The van der Waals surface area contributed by atoms with Gasteiger partial charge in [-0.25, -0.2) is 0 Å². The average Bonchev–Trinajstić information content (AvgIpc) is 2.21. The lowest BCUT2D eigenvalue weighted by Gasteiger charge is -2.40. The van der Waals surface area contributed by atoms with Gasteiger partial charge in [-0.1, -0.05) is 26.7 Å². The molecule has 3 heteroatoms. The lowest BCUT2D eigenvalue weighted by atomic mass is 9.73. The van der Waals surface area contributed by atoms with E-state index in [4.69, 9.17) is 11.6 Å². The molecule has 1 N–H and O–H groups in total. The van der Waals surface area contributed by atoms with Crippen LogP contribution < -0.4 is 5.32 Å². The highest BCUT2D eigenvalue weighted by Crippen LogP contribution is 2.36. The van der Waals surface area contributed by atoms with Gasteiger partial charge in [-0.05, 0) is 32.1 Å². The molecule has 0 heterocycles. The Morgan fingerprint density at radius 3 is 2.56 bits per heavy atom. The Morgan fingerprint density at radius 1 is 1.44 bits per heavy atom. The van der Waals surface area contributed by atoms with E-state index in [1.807, 2.05) is 13.8 Å². The molecule has 1 atom stereocenters. The van der Waals surface area contributed by atoms with Crippen molar-refractivity contribution in [3.05, 3.63) is 0 Å². The monoisotopic (exact) mass is 245 g/mol. The summed E-state index contributed by atoms with van der Waals surface area (Å²) in [4.78, 5) is 12.1. The maximum atomic E-state index is 12.1. The van der Waals surface area contributed by atoms with Crippen LogP contribution >= 0.6 is 11.6 Å². The molecule has 1 rings (SSSR count). The number of hydrogen-bond acceptors (Lipinski definition) is 1. The van der Waals surface area contributed by atoms with Gasteiger partial charge in [-0.2, -0.15) is 0 Å². The quantitative estimate of drug-likeness (QED) is 0.760. The minimum Gasteiger partial charge on any atom is -0.352 e. The Labute approximate surface area is 104 Å². The first-order valence-electron chi connectivity index (χ1n) is 6.16. The summed E-state index contributed by atoms with van der Waals surface area (Å²) in [7, 11) is 0. The summed E-state index contributed by atoms with van der Waals surface area (Å²) < 4.78 is 0. The van der Waals surface area contributed by atoms with Gasteiger partial charge in [-0.15, -0.1) is 11.6 Å². The SMILES string of the molecule is CC(C)(CCl)C(=O)NC1CCCCC1(C)C. The van der Waals surface area contributed by atoms with Crippen LogP contribution in [0.3, 0.4) is 0 Å². The highest BCUT2D eigenvalue weighted by atomic mass is 35.5. The third kappa shape index (κ3) is 3.13. The van der Waals surface area contributed by atoms with Gasteiger partial charge >= 0.3 is 0 Å². The smallest absolute Gasteiger partial charge is 0.227 e. The van der Waals surface area contributed by atoms with Crippen LogP contribution in [0, 0.1) is 10.8 Å². The molecule has 1 unspecified atom stereocenters. The molecule has 1 fully saturated rings. The number of alkyl halides is 1. The molecule has 1 saturated carbocycles. The maximum Gasteiger partial charge on any atom is 0.227 e. The number of nitrogens with one attached hydrogen (secondary N) is 1. The summed E-state index contributed by atoms with van der Waals surface area (Å²) in [6.45, 7) is 8.27. The molecular formula is C13H24ClNO. The molecule has 94 valence electrons. The first-order valence-corrected chi connectivity index (χ1v) is 6.70. The van der Waals surface area contributed by atoms with E-state index in [2.05, 4.69) is 19.2 Å². The lowest BCUT2D eigenvalue weighted by molar-refractivity contribution is -0.130. The summed E-state index contributed by atoms with van der Waals surface area (Å²) in [5, 5.41) is 3.18. The molecule has 0 spiro atoms. The van der Waals surface area contributed by atoms with E-state index in [1.54, 1.807) is 0 Å². The zero-order chi connectivity index (χ0) is 12.4. The Bertz CT molecular complexity index is 261. The van der Waals surface area contributed by atoms with Gasteiger partial charge in [0.25, 0.3) is 0 Å². The summed E-state index contributed by atoms with van der Waals surface area (Å²) in [5.41, 5.74) is -0.245.